The Kier molecular flexibility index (Phi) is 170. The maximum absolute atomic E-state index is 7.12. The fourth-order valence-electron chi connectivity index (χ4n) is 0. The van der Waals surface area contributed by atoms with E-state index in [1.165, 1.54) is 0 Å². The smallest absolute Gasteiger partial charge is 0.140 e. The molecule has 0 rings (SSSR count). The molecule has 54 valence electrons. The summed E-state index contributed by atoms with van der Waals surface area (Å²) in [7, 11) is 0. The molecule has 0 fully saturated rings. The summed E-state index contributed by atoms with van der Waals surface area (Å²) in [6.45, 7) is -1.50. The van der Waals surface area contributed by atoms with Gasteiger partial charge in [0.2, 0.25) is 0 Å². The van der Waals surface area contributed by atoms with Crippen LogP contribution in [-0.4, -0.2) is 34.0 Å². The zero-order valence-corrected chi connectivity index (χ0v) is 11.0. The molecule has 0 aliphatic heterocycles. The van der Waals surface area contributed by atoms with Crippen LogP contribution in [0.25, 0.3) is 0 Å². The van der Waals surface area contributed by atoms with Crippen LogP contribution < -0.4 is 0 Å². The van der Waals surface area contributed by atoms with Crippen molar-refractivity contribution in [2.24, 2.45) is 0 Å². The van der Waals surface area contributed by atoms with Crippen LogP contribution in [0.3, 0.4) is 0 Å². The van der Waals surface area contributed by atoms with Gasteiger partial charge in [-0.05, 0) is 0 Å². The van der Waals surface area contributed by atoms with Crippen LogP contribution in [0.2, 0.25) is 0 Å². The standard InChI is InChI=1S/2CH4O2.CH3.2Y/c2*2-1-3;;;/h2*2-3H,1H2;1H3;;/q;;-1;;. The average Bonchev–Trinajstić information content (AvgIpc) is 1.39. The Labute approximate surface area is 105 Å². The van der Waals surface area contributed by atoms with Crippen molar-refractivity contribution < 1.29 is 85.8 Å². The molecule has 2 radical (unpaired) electrons. The van der Waals surface area contributed by atoms with Crippen molar-refractivity contribution in [3.8, 4) is 0 Å². The van der Waals surface area contributed by atoms with Crippen molar-refractivity contribution in [2.75, 3.05) is 13.6 Å². The molecule has 6 heteroatoms. The third kappa shape index (κ3) is 155. The van der Waals surface area contributed by atoms with Gasteiger partial charge in [-0.2, -0.15) is 0 Å². The van der Waals surface area contributed by atoms with Gasteiger partial charge in [0.25, 0.3) is 0 Å². The molecule has 0 saturated carbocycles. The molecule has 9 heavy (non-hydrogen) atoms. The molecule has 4 nitrogen and oxygen atoms in total. The van der Waals surface area contributed by atoms with Crippen molar-refractivity contribution >= 4 is 0 Å². The van der Waals surface area contributed by atoms with E-state index in [0.29, 0.717) is 0 Å². The van der Waals surface area contributed by atoms with Crippen molar-refractivity contribution in [2.45, 2.75) is 0 Å². The van der Waals surface area contributed by atoms with E-state index in [1.807, 2.05) is 0 Å². The molecule has 0 aromatic heterocycles. The molecule has 0 aliphatic rings. The first kappa shape index (κ1) is 30.5. The van der Waals surface area contributed by atoms with Crippen LogP contribution in [0.4, 0.5) is 0 Å². The number of aliphatic hydroxyl groups is 4. The summed E-state index contributed by atoms with van der Waals surface area (Å²) < 4.78 is 0. The molecule has 0 heterocycles. The topological polar surface area (TPSA) is 80.9 Å². The summed E-state index contributed by atoms with van der Waals surface area (Å²) in [5.41, 5.74) is 0. The fourth-order valence-corrected chi connectivity index (χ4v) is 0. The Balaban J connectivity index is -0.00000000889. The molecule has 0 amide bonds. The molecule has 0 atom stereocenters. The maximum atomic E-state index is 7.12. The zero-order chi connectivity index (χ0) is 5.41. The van der Waals surface area contributed by atoms with Crippen LogP contribution in [0, 0.1) is 7.43 Å². The monoisotopic (exact) mass is 289 g/mol. The van der Waals surface area contributed by atoms with Crippen LogP contribution in [0.5, 0.6) is 0 Å². The summed E-state index contributed by atoms with van der Waals surface area (Å²) >= 11 is 0. The Morgan fingerprint density at radius 1 is 0.667 bits per heavy atom. The van der Waals surface area contributed by atoms with E-state index >= 15 is 0 Å². The minimum absolute atomic E-state index is 0. The van der Waals surface area contributed by atoms with Crippen molar-refractivity contribution in [3.05, 3.63) is 7.43 Å². The van der Waals surface area contributed by atoms with E-state index in [1.54, 1.807) is 0 Å². The summed E-state index contributed by atoms with van der Waals surface area (Å²) in [6.07, 6.45) is 0. The first-order valence-electron chi connectivity index (χ1n) is 1.26. The van der Waals surface area contributed by atoms with Crippen molar-refractivity contribution in [3.63, 3.8) is 0 Å². The quantitative estimate of drug-likeness (QED) is 0.317. The molecular formula is C3H11O4Y2-. The van der Waals surface area contributed by atoms with Crippen molar-refractivity contribution in [1.82, 2.24) is 0 Å². The predicted molar refractivity (Wildman–Crippen MR) is 25.0 cm³/mol. The summed E-state index contributed by atoms with van der Waals surface area (Å²) in [5.74, 6) is 0. The maximum Gasteiger partial charge on any atom is 0.140 e. The SMILES string of the molecule is OCO.OCO.[CH3-].[Y].[Y]. The Hall–Kier alpha value is 2.05. The van der Waals surface area contributed by atoms with Gasteiger partial charge in [-0.15, -0.1) is 0 Å². The minimum atomic E-state index is -0.750. The van der Waals surface area contributed by atoms with Crippen LogP contribution in [-0.2, 0) is 65.4 Å². The third-order valence-electron chi connectivity index (χ3n) is 0. The van der Waals surface area contributed by atoms with Gasteiger partial charge in [-0.25, -0.2) is 0 Å². The van der Waals surface area contributed by atoms with Gasteiger partial charge in [0.15, 0.2) is 0 Å². The Bertz CT molecular complexity index is 15.8. The molecule has 4 N–H and O–H groups in total. The van der Waals surface area contributed by atoms with Crippen LogP contribution in [0.1, 0.15) is 0 Å². The molecule has 0 aliphatic carbocycles. The van der Waals surface area contributed by atoms with Gasteiger partial charge < -0.3 is 27.9 Å². The van der Waals surface area contributed by atoms with Gasteiger partial charge in [0.1, 0.15) is 13.6 Å². The normalized spacial score (nSPS) is 4.00. The minimum Gasteiger partial charge on any atom is -0.371 e. The predicted octanol–water partition coefficient (Wildman–Crippen LogP) is -1.70. The molecule has 0 saturated heterocycles. The van der Waals surface area contributed by atoms with Gasteiger partial charge in [0.05, 0.1) is 0 Å². The van der Waals surface area contributed by atoms with E-state index < -0.39 is 13.6 Å². The van der Waals surface area contributed by atoms with Crippen LogP contribution >= 0.6 is 0 Å². The largest absolute Gasteiger partial charge is 0.371 e. The summed E-state index contributed by atoms with van der Waals surface area (Å²) in [5, 5.41) is 28.5. The van der Waals surface area contributed by atoms with E-state index in [2.05, 4.69) is 0 Å². The second-order valence-corrected chi connectivity index (χ2v) is 0.283. The molecular weight excluding hydrogens is 278 g/mol. The summed E-state index contributed by atoms with van der Waals surface area (Å²) in [6, 6.07) is 0. The van der Waals surface area contributed by atoms with E-state index in [9.17, 15) is 0 Å². The second kappa shape index (κ2) is 50.2. The van der Waals surface area contributed by atoms with Crippen molar-refractivity contribution in [1.29, 1.82) is 0 Å². The zero-order valence-electron chi connectivity index (χ0n) is 5.36. The van der Waals surface area contributed by atoms with Gasteiger partial charge in [0, 0.05) is 65.4 Å². The molecule has 0 unspecified atom stereocenters. The van der Waals surface area contributed by atoms with Gasteiger partial charge in [-0.3, -0.25) is 0 Å². The number of hydrogen-bond donors (Lipinski definition) is 4. The van der Waals surface area contributed by atoms with Gasteiger partial charge in [-0.1, -0.05) is 0 Å². The molecule has 0 bridgehead atoms. The summed E-state index contributed by atoms with van der Waals surface area (Å²) in [4.78, 5) is 0. The number of aliphatic hydroxyl groups excluding tert-OH is 2. The Morgan fingerprint density at radius 3 is 0.667 bits per heavy atom. The first-order chi connectivity index (χ1) is 2.83. The van der Waals surface area contributed by atoms with Crippen LogP contribution in [0.15, 0.2) is 0 Å². The second-order valence-electron chi connectivity index (χ2n) is 0.283. The van der Waals surface area contributed by atoms with Gasteiger partial charge >= 0.3 is 0 Å². The third-order valence-corrected chi connectivity index (χ3v) is 0. The number of rotatable bonds is 0. The molecule has 0 aromatic rings. The van der Waals surface area contributed by atoms with E-state index in [-0.39, 0.29) is 72.8 Å². The Morgan fingerprint density at radius 2 is 0.667 bits per heavy atom. The molecule has 0 aromatic carbocycles. The van der Waals surface area contributed by atoms with E-state index in [4.69, 9.17) is 20.4 Å². The first-order valence-corrected chi connectivity index (χ1v) is 1.26. The molecule has 0 spiro atoms. The van der Waals surface area contributed by atoms with E-state index in [0.717, 1.165) is 0 Å². The number of hydrogen-bond acceptors (Lipinski definition) is 4. The fraction of sp³-hybridized carbons (Fsp3) is 0.667. The average molecular weight is 289 g/mol.